The van der Waals surface area contributed by atoms with E-state index in [0.29, 0.717) is 16.9 Å². The lowest BCUT2D eigenvalue weighted by Crippen LogP contribution is -1.98. The molecule has 2 nitrogen and oxygen atoms in total. The average molecular weight is 230 g/mol. The van der Waals surface area contributed by atoms with Crippen molar-refractivity contribution in [3.05, 3.63) is 47.0 Å². The number of benzene rings is 2. The van der Waals surface area contributed by atoms with Crippen molar-refractivity contribution in [3.8, 4) is 6.07 Å². The van der Waals surface area contributed by atoms with Crippen LogP contribution in [0.2, 0.25) is 5.02 Å². The topological polar surface area (TPSA) is 40.9 Å². The molecule has 0 spiro atoms. The number of aldehydes is 1. The van der Waals surface area contributed by atoms with Crippen LogP contribution in [0.15, 0.2) is 36.4 Å². The van der Waals surface area contributed by atoms with Gasteiger partial charge in [-0.2, -0.15) is 5.26 Å². The minimum Gasteiger partial charge on any atom is -0.302 e. The number of rotatable bonds is 2. The van der Waals surface area contributed by atoms with Crippen molar-refractivity contribution >= 4 is 28.7 Å². The predicted octanol–water partition coefficient (Wildman–Crippen LogP) is 3.30. The summed E-state index contributed by atoms with van der Waals surface area (Å²) in [5, 5.41) is 11.2. The van der Waals surface area contributed by atoms with Gasteiger partial charge in [-0.05, 0) is 17.0 Å². The molecule has 0 bridgehead atoms. The zero-order valence-corrected chi connectivity index (χ0v) is 9.11. The van der Waals surface area contributed by atoms with Crippen LogP contribution in [-0.2, 0) is 4.79 Å². The van der Waals surface area contributed by atoms with E-state index >= 15 is 0 Å². The lowest BCUT2D eigenvalue weighted by molar-refractivity contribution is -0.108. The Balaban J connectivity index is 2.80. The molecule has 0 heterocycles. The molecule has 3 heteroatoms. The normalized spacial score (nSPS) is 12.0. The molecule has 0 aliphatic rings. The van der Waals surface area contributed by atoms with Crippen LogP contribution in [0.4, 0.5) is 0 Å². The Morgan fingerprint density at radius 2 is 1.94 bits per heavy atom. The lowest BCUT2D eigenvalue weighted by atomic mass is 9.95. The highest BCUT2D eigenvalue weighted by molar-refractivity contribution is 6.35. The fourth-order valence-corrected chi connectivity index (χ4v) is 2.05. The zero-order valence-electron chi connectivity index (χ0n) is 8.35. The summed E-state index contributed by atoms with van der Waals surface area (Å²) in [6.07, 6.45) is 0.637. The number of carbonyl (C=O) groups is 1. The Kier molecular flexibility index (Phi) is 2.89. The molecule has 2 aromatic rings. The number of nitrogens with zero attached hydrogens (tertiary/aromatic N) is 1. The number of carbonyl (C=O) groups excluding carboxylic acids is 1. The second kappa shape index (κ2) is 4.34. The van der Waals surface area contributed by atoms with E-state index in [1.807, 2.05) is 30.3 Å². The summed E-state index contributed by atoms with van der Waals surface area (Å²) >= 11 is 6.09. The summed E-state index contributed by atoms with van der Waals surface area (Å²) < 4.78 is 0. The summed E-state index contributed by atoms with van der Waals surface area (Å²) in [6.45, 7) is 0. The Bertz CT molecular complexity index is 581. The Hall–Kier alpha value is -1.85. The second-order valence-corrected chi connectivity index (χ2v) is 3.84. The quantitative estimate of drug-likeness (QED) is 0.742. The van der Waals surface area contributed by atoms with Gasteiger partial charge in [0.25, 0.3) is 0 Å². The highest BCUT2D eigenvalue weighted by Crippen LogP contribution is 2.30. The predicted molar refractivity (Wildman–Crippen MR) is 63.4 cm³/mol. The molecule has 16 heavy (non-hydrogen) atoms. The van der Waals surface area contributed by atoms with Gasteiger partial charge in [0.1, 0.15) is 12.2 Å². The van der Waals surface area contributed by atoms with Crippen molar-refractivity contribution in [1.29, 1.82) is 5.26 Å². The molecule has 0 N–H and O–H groups in total. The van der Waals surface area contributed by atoms with Gasteiger partial charge in [0.05, 0.1) is 6.07 Å². The highest BCUT2D eigenvalue weighted by atomic mass is 35.5. The fourth-order valence-electron chi connectivity index (χ4n) is 1.76. The van der Waals surface area contributed by atoms with Gasteiger partial charge in [-0.3, -0.25) is 0 Å². The van der Waals surface area contributed by atoms with Crippen molar-refractivity contribution in [1.82, 2.24) is 0 Å². The van der Waals surface area contributed by atoms with Gasteiger partial charge in [-0.1, -0.05) is 41.9 Å². The smallest absolute Gasteiger partial charge is 0.141 e. The van der Waals surface area contributed by atoms with E-state index < -0.39 is 5.92 Å². The molecule has 0 radical (unpaired) electrons. The van der Waals surface area contributed by atoms with Gasteiger partial charge in [0.2, 0.25) is 0 Å². The first-order valence-corrected chi connectivity index (χ1v) is 5.17. The molecule has 0 fully saturated rings. The first-order valence-electron chi connectivity index (χ1n) is 4.80. The van der Waals surface area contributed by atoms with Gasteiger partial charge >= 0.3 is 0 Å². The summed E-state index contributed by atoms with van der Waals surface area (Å²) in [6, 6.07) is 13.0. The molecular weight excluding hydrogens is 222 g/mol. The van der Waals surface area contributed by atoms with Gasteiger partial charge in [0, 0.05) is 10.4 Å². The minimum absolute atomic E-state index is 0.565. The summed E-state index contributed by atoms with van der Waals surface area (Å²) in [7, 11) is 0. The largest absolute Gasteiger partial charge is 0.302 e. The third-order valence-corrected chi connectivity index (χ3v) is 2.81. The molecule has 0 saturated heterocycles. The fraction of sp³-hybridized carbons (Fsp3) is 0.0769. The standard InChI is InChI=1S/C13H8ClNO/c14-12-6-2-4-9-3-1-5-11(13(9)12)10(7-15)8-16/h1-6,8,10H. The molecular formula is C13H8ClNO. The third kappa shape index (κ3) is 1.66. The molecule has 1 atom stereocenters. The first kappa shape index (κ1) is 10.7. The van der Waals surface area contributed by atoms with Gasteiger partial charge in [-0.15, -0.1) is 0 Å². The highest BCUT2D eigenvalue weighted by Gasteiger charge is 2.13. The maximum Gasteiger partial charge on any atom is 0.141 e. The molecule has 0 aliphatic carbocycles. The van der Waals surface area contributed by atoms with Gasteiger partial charge in [0.15, 0.2) is 0 Å². The van der Waals surface area contributed by atoms with Crippen LogP contribution in [0.25, 0.3) is 10.8 Å². The molecule has 0 aromatic heterocycles. The van der Waals surface area contributed by atoms with Crippen LogP contribution in [0.5, 0.6) is 0 Å². The second-order valence-electron chi connectivity index (χ2n) is 3.43. The van der Waals surface area contributed by atoms with Crippen molar-refractivity contribution in [2.45, 2.75) is 5.92 Å². The van der Waals surface area contributed by atoms with E-state index in [9.17, 15) is 4.79 Å². The van der Waals surface area contributed by atoms with Gasteiger partial charge in [-0.25, -0.2) is 0 Å². The third-order valence-electron chi connectivity index (χ3n) is 2.50. The average Bonchev–Trinajstić information content (AvgIpc) is 2.31. The van der Waals surface area contributed by atoms with Crippen LogP contribution < -0.4 is 0 Å². The van der Waals surface area contributed by atoms with E-state index in [1.54, 1.807) is 12.1 Å². The first-order chi connectivity index (χ1) is 7.77. The van der Waals surface area contributed by atoms with Crippen molar-refractivity contribution in [3.63, 3.8) is 0 Å². The van der Waals surface area contributed by atoms with Gasteiger partial charge < -0.3 is 4.79 Å². The van der Waals surface area contributed by atoms with E-state index in [-0.39, 0.29) is 0 Å². The number of halogens is 1. The van der Waals surface area contributed by atoms with E-state index in [2.05, 4.69) is 0 Å². The number of hydrogen-bond acceptors (Lipinski definition) is 2. The summed E-state index contributed by atoms with van der Waals surface area (Å²) in [4.78, 5) is 10.8. The SMILES string of the molecule is N#CC(C=O)c1cccc2cccc(Cl)c12. The number of fused-ring (bicyclic) bond motifs is 1. The molecule has 2 rings (SSSR count). The number of nitriles is 1. The molecule has 78 valence electrons. The van der Waals surface area contributed by atoms with Crippen molar-refractivity contribution < 1.29 is 4.79 Å². The molecule has 0 saturated carbocycles. The van der Waals surface area contributed by atoms with Crippen molar-refractivity contribution in [2.75, 3.05) is 0 Å². The van der Waals surface area contributed by atoms with E-state index in [4.69, 9.17) is 16.9 Å². The van der Waals surface area contributed by atoms with Crippen LogP contribution in [-0.4, -0.2) is 6.29 Å². The zero-order chi connectivity index (χ0) is 11.5. The van der Waals surface area contributed by atoms with Crippen LogP contribution >= 0.6 is 11.6 Å². The molecule has 1 unspecified atom stereocenters. The van der Waals surface area contributed by atoms with E-state index in [0.717, 1.165) is 10.8 Å². The van der Waals surface area contributed by atoms with Crippen molar-refractivity contribution in [2.24, 2.45) is 0 Å². The summed E-state index contributed by atoms with van der Waals surface area (Å²) in [5.41, 5.74) is 0.667. The van der Waals surface area contributed by atoms with Crippen LogP contribution in [0.3, 0.4) is 0 Å². The summed E-state index contributed by atoms with van der Waals surface area (Å²) in [5.74, 6) is -0.761. The molecule has 0 aliphatic heterocycles. The lowest BCUT2D eigenvalue weighted by Gasteiger charge is -2.08. The molecule has 0 amide bonds. The maximum absolute atomic E-state index is 10.8. The number of hydrogen-bond donors (Lipinski definition) is 0. The maximum atomic E-state index is 10.8. The van der Waals surface area contributed by atoms with Crippen LogP contribution in [0.1, 0.15) is 11.5 Å². The minimum atomic E-state index is -0.761. The molecule has 2 aromatic carbocycles. The Labute approximate surface area is 98.1 Å². The Morgan fingerprint density at radius 1 is 1.25 bits per heavy atom. The Morgan fingerprint density at radius 3 is 2.56 bits per heavy atom. The monoisotopic (exact) mass is 229 g/mol. The van der Waals surface area contributed by atoms with E-state index in [1.165, 1.54) is 0 Å². The van der Waals surface area contributed by atoms with Crippen LogP contribution in [0, 0.1) is 11.3 Å².